The van der Waals surface area contributed by atoms with Gasteiger partial charge in [-0.15, -0.1) is 0 Å². The lowest BCUT2D eigenvalue weighted by atomic mass is 10.0. The van der Waals surface area contributed by atoms with Crippen molar-refractivity contribution in [1.82, 2.24) is 4.57 Å². The molecule has 0 aliphatic rings. The Labute approximate surface area is 259 Å². The number of aryl methyl sites for hydroxylation is 2. The summed E-state index contributed by atoms with van der Waals surface area (Å²) in [7, 11) is 0. The molecule has 0 radical (unpaired) electrons. The van der Waals surface area contributed by atoms with Gasteiger partial charge in [0.2, 0.25) is 0 Å². The highest BCUT2D eigenvalue weighted by molar-refractivity contribution is 4.84. The van der Waals surface area contributed by atoms with E-state index in [1.165, 1.54) is 212 Å². The minimum atomic E-state index is 1.22. The first-order chi connectivity index (χ1) is 20.3. The number of unbranched alkanes of at least 4 members (excludes halogenated alkanes) is 27. The van der Waals surface area contributed by atoms with Gasteiger partial charge in [0.15, 0.2) is 0 Å². The molecule has 0 spiro atoms. The number of imidazole rings is 1. The van der Waals surface area contributed by atoms with Crippen LogP contribution in [0.15, 0.2) is 12.4 Å². The molecular formula is C39H77N2+. The topological polar surface area (TPSA) is 8.81 Å². The Hall–Kier alpha value is -0.790. The molecule has 242 valence electrons. The van der Waals surface area contributed by atoms with Crippen molar-refractivity contribution >= 4 is 0 Å². The van der Waals surface area contributed by atoms with Crippen LogP contribution in [0.4, 0.5) is 0 Å². The maximum atomic E-state index is 2.62. The van der Waals surface area contributed by atoms with Gasteiger partial charge in [-0.2, -0.15) is 0 Å². The third kappa shape index (κ3) is 23.4. The molecule has 0 amide bonds. The molecule has 1 aromatic heterocycles. The number of hydrogen-bond acceptors (Lipinski definition) is 0. The summed E-state index contributed by atoms with van der Waals surface area (Å²) in [6.07, 6.45) is 48.9. The molecule has 0 bridgehead atoms. The second kappa shape index (κ2) is 30.7. The number of rotatable bonds is 33. The number of hydrogen-bond donors (Lipinski definition) is 0. The van der Waals surface area contributed by atoms with E-state index in [9.17, 15) is 0 Å². The third-order valence-electron chi connectivity index (χ3n) is 9.35. The second-order valence-corrected chi connectivity index (χ2v) is 13.4. The highest BCUT2D eigenvalue weighted by atomic mass is 15.1. The van der Waals surface area contributed by atoms with Crippen LogP contribution in [0.1, 0.15) is 219 Å². The molecule has 2 heteroatoms. The average Bonchev–Trinajstić information content (AvgIpc) is 3.37. The fourth-order valence-electron chi connectivity index (χ4n) is 6.50. The molecule has 41 heavy (non-hydrogen) atoms. The van der Waals surface area contributed by atoms with Gasteiger partial charge in [0.25, 0.3) is 5.82 Å². The molecule has 0 aliphatic heterocycles. The van der Waals surface area contributed by atoms with Crippen LogP contribution in [0, 0.1) is 0 Å². The highest BCUT2D eigenvalue weighted by Crippen LogP contribution is 2.15. The van der Waals surface area contributed by atoms with Crippen molar-refractivity contribution in [2.24, 2.45) is 0 Å². The van der Waals surface area contributed by atoms with E-state index in [2.05, 4.69) is 42.3 Å². The largest absolute Gasteiger partial charge is 0.256 e. The summed E-state index contributed by atoms with van der Waals surface area (Å²) in [5.41, 5.74) is 0. The van der Waals surface area contributed by atoms with Crippen molar-refractivity contribution < 1.29 is 4.57 Å². The zero-order chi connectivity index (χ0) is 29.5. The van der Waals surface area contributed by atoms with E-state index in [1.807, 2.05) is 0 Å². The zero-order valence-electron chi connectivity index (χ0n) is 28.9. The van der Waals surface area contributed by atoms with Gasteiger partial charge in [0, 0.05) is 6.42 Å². The van der Waals surface area contributed by atoms with Crippen LogP contribution in [0.2, 0.25) is 0 Å². The van der Waals surface area contributed by atoms with E-state index >= 15 is 0 Å². The van der Waals surface area contributed by atoms with Crippen molar-refractivity contribution in [3.8, 4) is 0 Å². The second-order valence-electron chi connectivity index (χ2n) is 13.4. The van der Waals surface area contributed by atoms with Gasteiger partial charge >= 0.3 is 0 Å². The first-order valence-electron chi connectivity index (χ1n) is 19.4. The lowest BCUT2D eigenvalue weighted by Gasteiger charge is -2.07. The molecule has 0 N–H and O–H groups in total. The maximum absolute atomic E-state index is 2.62. The molecular weight excluding hydrogens is 496 g/mol. The Balaban J connectivity index is 2.16. The molecule has 1 heterocycles. The summed E-state index contributed by atoms with van der Waals surface area (Å²) < 4.78 is 5.23. The Bertz CT molecular complexity index is 634. The van der Waals surface area contributed by atoms with Gasteiger partial charge in [-0.3, -0.25) is 0 Å². The minimum absolute atomic E-state index is 1.22. The molecule has 0 aliphatic carbocycles. The summed E-state index contributed by atoms with van der Waals surface area (Å²) in [4.78, 5) is 0. The van der Waals surface area contributed by atoms with Crippen molar-refractivity contribution in [3.63, 3.8) is 0 Å². The predicted molar refractivity (Wildman–Crippen MR) is 184 cm³/mol. The van der Waals surface area contributed by atoms with Crippen LogP contribution in [0.5, 0.6) is 0 Å². The molecule has 0 saturated heterocycles. The molecule has 0 aromatic carbocycles. The van der Waals surface area contributed by atoms with E-state index in [1.54, 1.807) is 5.82 Å². The first kappa shape index (κ1) is 38.2. The van der Waals surface area contributed by atoms with Crippen LogP contribution in [0.3, 0.4) is 0 Å². The van der Waals surface area contributed by atoms with Crippen LogP contribution in [-0.4, -0.2) is 4.57 Å². The van der Waals surface area contributed by atoms with Gasteiger partial charge < -0.3 is 0 Å². The smallest absolute Gasteiger partial charge is 0.234 e. The fourth-order valence-corrected chi connectivity index (χ4v) is 6.50. The summed E-state index contributed by atoms with van der Waals surface area (Å²) in [6, 6.07) is 0. The molecule has 0 fully saturated rings. The maximum Gasteiger partial charge on any atom is 0.256 e. The minimum Gasteiger partial charge on any atom is -0.234 e. The number of nitrogens with zero attached hydrogens (tertiary/aromatic N) is 2. The molecule has 2 nitrogen and oxygen atoms in total. The van der Waals surface area contributed by atoms with E-state index in [4.69, 9.17) is 0 Å². The van der Waals surface area contributed by atoms with Gasteiger partial charge in [-0.1, -0.05) is 181 Å². The highest BCUT2D eigenvalue weighted by Gasteiger charge is 2.16. The van der Waals surface area contributed by atoms with Crippen LogP contribution < -0.4 is 4.57 Å². The van der Waals surface area contributed by atoms with Gasteiger partial charge in [0.05, 0.1) is 13.1 Å². The quantitative estimate of drug-likeness (QED) is 0.0584. The van der Waals surface area contributed by atoms with E-state index in [0.29, 0.717) is 0 Å². The fraction of sp³-hybridized carbons (Fsp3) is 0.923. The monoisotopic (exact) mass is 574 g/mol. The van der Waals surface area contributed by atoms with Crippen molar-refractivity contribution in [2.45, 2.75) is 233 Å². The van der Waals surface area contributed by atoms with E-state index in [-0.39, 0.29) is 0 Å². The molecule has 0 unspecified atom stereocenters. The lowest BCUT2D eigenvalue weighted by Crippen LogP contribution is -2.37. The van der Waals surface area contributed by atoms with Crippen molar-refractivity contribution in [1.29, 1.82) is 0 Å². The normalized spacial score (nSPS) is 11.6. The zero-order valence-corrected chi connectivity index (χ0v) is 28.9. The summed E-state index contributed by atoms with van der Waals surface area (Å²) in [5.74, 6) is 1.61. The molecule has 0 saturated carbocycles. The summed E-state index contributed by atoms with van der Waals surface area (Å²) in [6.45, 7) is 9.39. The van der Waals surface area contributed by atoms with Gasteiger partial charge in [-0.25, -0.2) is 9.13 Å². The number of aromatic nitrogens is 2. The Morgan fingerprint density at radius 1 is 0.415 bits per heavy atom. The van der Waals surface area contributed by atoms with Crippen LogP contribution >= 0.6 is 0 Å². The predicted octanol–water partition coefficient (Wildman–Crippen LogP) is 13.1. The Kier molecular flexibility index (Phi) is 28.6. The van der Waals surface area contributed by atoms with Gasteiger partial charge in [-0.05, 0) is 32.1 Å². The van der Waals surface area contributed by atoms with E-state index in [0.717, 1.165) is 0 Å². The van der Waals surface area contributed by atoms with Crippen molar-refractivity contribution in [3.05, 3.63) is 18.2 Å². The summed E-state index contributed by atoms with van der Waals surface area (Å²) in [5, 5.41) is 0. The molecule has 1 rings (SSSR count). The lowest BCUT2D eigenvalue weighted by molar-refractivity contribution is -0.704. The van der Waals surface area contributed by atoms with Crippen molar-refractivity contribution in [2.75, 3.05) is 0 Å². The van der Waals surface area contributed by atoms with Crippen LogP contribution in [-0.2, 0) is 19.5 Å². The standard InChI is InChI=1S/C39H77N2/c1-4-7-10-13-15-17-19-20-21-22-23-24-25-27-29-31-34-39-40(35-32-12-9-6-3)37-38-41(39)36-33-30-28-26-18-16-14-11-8-5-2/h37-38H,4-36H2,1-3H3/q+1. The summed E-state index contributed by atoms with van der Waals surface area (Å²) >= 11 is 0. The Morgan fingerprint density at radius 2 is 0.756 bits per heavy atom. The average molecular weight is 574 g/mol. The first-order valence-corrected chi connectivity index (χ1v) is 19.4. The third-order valence-corrected chi connectivity index (χ3v) is 9.35. The van der Waals surface area contributed by atoms with Gasteiger partial charge in [0.1, 0.15) is 12.4 Å². The van der Waals surface area contributed by atoms with Crippen LogP contribution in [0.25, 0.3) is 0 Å². The Morgan fingerprint density at radius 3 is 1.17 bits per heavy atom. The molecule has 1 aromatic rings. The van der Waals surface area contributed by atoms with E-state index < -0.39 is 0 Å². The SMILES string of the molecule is CCCCCCCCCCCCCCCCCCc1n(CCCCCC)cc[n+]1CCCCCCCCCCCC. The molecule has 0 atom stereocenters.